The van der Waals surface area contributed by atoms with Gasteiger partial charge in [-0.3, -0.25) is 9.69 Å². The maximum atomic E-state index is 13.8. The summed E-state index contributed by atoms with van der Waals surface area (Å²) in [6, 6.07) is 12.2. The van der Waals surface area contributed by atoms with E-state index >= 15 is 0 Å². The molecule has 11 heteroatoms. The highest BCUT2D eigenvalue weighted by Gasteiger charge is 2.27. The molecule has 0 unspecified atom stereocenters. The van der Waals surface area contributed by atoms with Crippen LogP contribution in [0, 0.1) is 0 Å². The minimum absolute atomic E-state index is 0. The zero-order valence-corrected chi connectivity index (χ0v) is 25.4. The van der Waals surface area contributed by atoms with Gasteiger partial charge in [0.25, 0.3) is 5.91 Å². The average molecular weight is 595 g/mol. The standard InChI is InChI=1S/C28H38N4O4S2.ClH/c1-4-30(5-2)20-21-32(28-29-26-24(36-6-3)12-11-13-25(26)37-28)27(33)22-14-16-23(17-15-22)38(34,35)31-18-9-7-8-10-19-31;/h11-17H,4-10,18-21H2,1-3H3;1H. The van der Waals surface area contributed by atoms with E-state index in [1.54, 1.807) is 33.5 Å². The summed E-state index contributed by atoms with van der Waals surface area (Å²) in [4.78, 5) is 22.8. The van der Waals surface area contributed by atoms with E-state index in [9.17, 15) is 13.2 Å². The zero-order chi connectivity index (χ0) is 27.1. The van der Waals surface area contributed by atoms with Gasteiger partial charge in [0.2, 0.25) is 10.0 Å². The molecule has 3 aromatic rings. The Kier molecular flexibility index (Phi) is 11.6. The van der Waals surface area contributed by atoms with Gasteiger partial charge in [0.05, 0.1) is 16.2 Å². The highest BCUT2D eigenvalue weighted by Crippen LogP contribution is 2.35. The molecule has 1 amide bonds. The average Bonchev–Trinajstić information content (AvgIpc) is 3.16. The maximum Gasteiger partial charge on any atom is 0.260 e. The quantitative estimate of drug-likeness (QED) is 0.284. The van der Waals surface area contributed by atoms with E-state index in [0.717, 1.165) is 49.0 Å². The van der Waals surface area contributed by atoms with E-state index in [1.165, 1.54) is 11.3 Å². The molecule has 0 N–H and O–H groups in total. The molecule has 1 fully saturated rings. The lowest BCUT2D eigenvalue weighted by atomic mass is 10.2. The molecule has 214 valence electrons. The normalized spacial score (nSPS) is 14.7. The van der Waals surface area contributed by atoms with Crippen molar-refractivity contribution >= 4 is 55.0 Å². The van der Waals surface area contributed by atoms with E-state index in [2.05, 4.69) is 18.7 Å². The van der Waals surface area contributed by atoms with Crippen molar-refractivity contribution in [3.05, 3.63) is 48.0 Å². The number of benzene rings is 2. The molecule has 2 heterocycles. The Morgan fingerprint density at radius 3 is 2.26 bits per heavy atom. The van der Waals surface area contributed by atoms with Crippen molar-refractivity contribution in [2.45, 2.75) is 51.3 Å². The van der Waals surface area contributed by atoms with Crippen molar-refractivity contribution in [3.8, 4) is 5.75 Å². The molecule has 0 atom stereocenters. The van der Waals surface area contributed by atoms with Crippen LogP contribution in [-0.4, -0.2) is 74.4 Å². The Hall–Kier alpha value is -2.24. The predicted molar refractivity (Wildman–Crippen MR) is 161 cm³/mol. The molecule has 0 aliphatic carbocycles. The van der Waals surface area contributed by atoms with Crippen molar-refractivity contribution in [1.29, 1.82) is 0 Å². The summed E-state index contributed by atoms with van der Waals surface area (Å²) < 4.78 is 34.7. The molecule has 2 aromatic carbocycles. The number of ether oxygens (including phenoxy) is 1. The second-order valence-electron chi connectivity index (χ2n) is 9.36. The first-order valence-electron chi connectivity index (χ1n) is 13.6. The number of carbonyl (C=O) groups excluding carboxylic acids is 1. The molecule has 39 heavy (non-hydrogen) atoms. The van der Waals surface area contributed by atoms with E-state index in [0.29, 0.717) is 49.2 Å². The minimum atomic E-state index is -3.58. The van der Waals surface area contributed by atoms with Crippen molar-refractivity contribution in [2.75, 3.05) is 50.8 Å². The summed E-state index contributed by atoms with van der Waals surface area (Å²) in [6.07, 6.45) is 3.87. The van der Waals surface area contributed by atoms with Crippen molar-refractivity contribution in [3.63, 3.8) is 0 Å². The van der Waals surface area contributed by atoms with Crippen LogP contribution < -0.4 is 9.64 Å². The van der Waals surface area contributed by atoms with Gasteiger partial charge in [-0.25, -0.2) is 13.4 Å². The van der Waals surface area contributed by atoms with Gasteiger partial charge in [-0.2, -0.15) is 4.31 Å². The fourth-order valence-corrected chi connectivity index (χ4v) is 7.25. The van der Waals surface area contributed by atoms with Crippen LogP contribution in [0.3, 0.4) is 0 Å². The lowest BCUT2D eigenvalue weighted by Crippen LogP contribution is -2.39. The van der Waals surface area contributed by atoms with Crippen LogP contribution >= 0.6 is 23.7 Å². The maximum absolute atomic E-state index is 13.8. The number of hydrogen-bond donors (Lipinski definition) is 0. The summed E-state index contributed by atoms with van der Waals surface area (Å²) in [7, 11) is -3.58. The number of sulfonamides is 1. The first-order chi connectivity index (χ1) is 18.4. The van der Waals surface area contributed by atoms with E-state index in [-0.39, 0.29) is 23.2 Å². The molecule has 0 spiro atoms. The molecule has 1 aliphatic heterocycles. The molecule has 1 aromatic heterocycles. The molecule has 0 saturated carbocycles. The van der Waals surface area contributed by atoms with Crippen LogP contribution in [0.2, 0.25) is 0 Å². The topological polar surface area (TPSA) is 83.0 Å². The highest BCUT2D eigenvalue weighted by atomic mass is 35.5. The van der Waals surface area contributed by atoms with Crippen LogP contribution in [0.4, 0.5) is 5.13 Å². The number of likely N-dealkylation sites (N-methyl/N-ethyl adjacent to an activating group) is 1. The van der Waals surface area contributed by atoms with Gasteiger partial charge >= 0.3 is 0 Å². The van der Waals surface area contributed by atoms with Crippen molar-refractivity contribution < 1.29 is 17.9 Å². The van der Waals surface area contributed by atoms with E-state index in [1.807, 2.05) is 25.1 Å². The van der Waals surface area contributed by atoms with Crippen LogP contribution in [0.15, 0.2) is 47.4 Å². The lowest BCUT2D eigenvalue weighted by molar-refractivity contribution is 0.0983. The first kappa shape index (κ1) is 31.3. The lowest BCUT2D eigenvalue weighted by Gasteiger charge is -2.25. The molecule has 1 saturated heterocycles. The molecular weight excluding hydrogens is 556 g/mol. The van der Waals surface area contributed by atoms with Crippen LogP contribution in [-0.2, 0) is 10.0 Å². The molecule has 1 aliphatic rings. The predicted octanol–water partition coefficient (Wildman–Crippen LogP) is 5.67. The number of carbonyl (C=O) groups is 1. The van der Waals surface area contributed by atoms with Crippen LogP contribution in [0.1, 0.15) is 56.8 Å². The van der Waals surface area contributed by atoms with Gasteiger partial charge in [-0.1, -0.05) is 44.1 Å². The monoisotopic (exact) mass is 594 g/mol. The minimum Gasteiger partial charge on any atom is -0.492 e. The fraction of sp³-hybridized carbons (Fsp3) is 0.500. The molecule has 4 rings (SSSR count). The third kappa shape index (κ3) is 7.29. The first-order valence-corrected chi connectivity index (χ1v) is 15.8. The van der Waals surface area contributed by atoms with Crippen LogP contribution in [0.25, 0.3) is 10.2 Å². The summed E-state index contributed by atoms with van der Waals surface area (Å²) in [5.74, 6) is 0.500. The van der Waals surface area contributed by atoms with Gasteiger partial charge in [-0.15, -0.1) is 12.4 Å². The number of amides is 1. The Balaban J connectivity index is 0.00000420. The zero-order valence-electron chi connectivity index (χ0n) is 23.0. The van der Waals surface area contributed by atoms with Crippen LogP contribution in [0.5, 0.6) is 5.75 Å². The van der Waals surface area contributed by atoms with Crippen molar-refractivity contribution in [1.82, 2.24) is 14.2 Å². The SMILES string of the molecule is CCOc1cccc2sc(N(CCN(CC)CC)C(=O)c3ccc(S(=O)(=O)N4CCCCCC4)cc3)nc12.Cl. The number of anilines is 1. The Labute approximate surface area is 242 Å². The largest absolute Gasteiger partial charge is 0.492 e. The smallest absolute Gasteiger partial charge is 0.260 e. The Morgan fingerprint density at radius 2 is 1.64 bits per heavy atom. The number of thiazole rings is 1. The Bertz CT molecular complexity index is 1320. The number of para-hydroxylation sites is 1. The molecule has 0 bridgehead atoms. The number of fused-ring (bicyclic) bond motifs is 1. The molecular formula is C28H39ClN4O4S2. The summed E-state index contributed by atoms with van der Waals surface area (Å²) in [6.45, 7) is 10.7. The number of hydrogen-bond acceptors (Lipinski definition) is 7. The summed E-state index contributed by atoms with van der Waals surface area (Å²) in [5, 5.41) is 0.602. The number of nitrogens with zero attached hydrogens (tertiary/aromatic N) is 4. The van der Waals surface area contributed by atoms with Gasteiger partial charge in [0.1, 0.15) is 11.3 Å². The van der Waals surface area contributed by atoms with Gasteiger partial charge < -0.3 is 9.64 Å². The second-order valence-corrected chi connectivity index (χ2v) is 12.3. The van der Waals surface area contributed by atoms with Crippen molar-refractivity contribution in [2.24, 2.45) is 0 Å². The van der Waals surface area contributed by atoms with E-state index < -0.39 is 10.0 Å². The van der Waals surface area contributed by atoms with Gasteiger partial charge in [0, 0.05) is 31.7 Å². The number of halogens is 1. The molecule has 8 nitrogen and oxygen atoms in total. The summed E-state index contributed by atoms with van der Waals surface area (Å²) >= 11 is 1.46. The third-order valence-corrected chi connectivity index (χ3v) is 9.94. The number of aromatic nitrogens is 1. The number of rotatable bonds is 11. The second kappa shape index (κ2) is 14.4. The molecule has 0 radical (unpaired) electrons. The summed E-state index contributed by atoms with van der Waals surface area (Å²) in [5.41, 5.74) is 1.18. The Morgan fingerprint density at radius 1 is 0.974 bits per heavy atom. The van der Waals surface area contributed by atoms with Gasteiger partial charge in [0.15, 0.2) is 5.13 Å². The van der Waals surface area contributed by atoms with Gasteiger partial charge in [-0.05, 0) is 69.3 Å². The van der Waals surface area contributed by atoms with E-state index in [4.69, 9.17) is 9.72 Å². The fourth-order valence-electron chi connectivity index (χ4n) is 4.72. The highest BCUT2D eigenvalue weighted by molar-refractivity contribution is 7.89. The third-order valence-electron chi connectivity index (χ3n) is 6.98.